The van der Waals surface area contributed by atoms with Gasteiger partial charge < -0.3 is 15.7 Å². The summed E-state index contributed by atoms with van der Waals surface area (Å²) in [5, 5.41) is 9.34. The van der Waals surface area contributed by atoms with Crippen molar-refractivity contribution in [3.8, 4) is 0 Å². The van der Waals surface area contributed by atoms with E-state index < -0.39 is 5.54 Å². The van der Waals surface area contributed by atoms with Crippen molar-refractivity contribution in [2.45, 2.75) is 51.5 Å². The van der Waals surface area contributed by atoms with Gasteiger partial charge in [0.15, 0.2) is 0 Å². The van der Waals surface area contributed by atoms with Crippen LogP contribution in [-0.2, 0) is 4.79 Å². The van der Waals surface area contributed by atoms with E-state index in [1.165, 1.54) is 6.42 Å². The maximum absolute atomic E-state index is 12.4. The molecule has 0 heterocycles. The molecule has 1 rings (SSSR count). The van der Waals surface area contributed by atoms with Crippen molar-refractivity contribution in [1.82, 2.24) is 4.90 Å². The smallest absolute Gasteiger partial charge is 0.225 e. The molecule has 106 valence electrons. The molecule has 1 fully saturated rings. The molecule has 2 unspecified atom stereocenters. The number of hydrogen-bond donors (Lipinski definition) is 2. The van der Waals surface area contributed by atoms with Gasteiger partial charge in [-0.25, -0.2) is 0 Å². The van der Waals surface area contributed by atoms with Gasteiger partial charge in [0.25, 0.3) is 0 Å². The number of likely N-dealkylation sites (N-methyl/N-ethyl adjacent to an activating group) is 1. The van der Waals surface area contributed by atoms with Crippen LogP contribution >= 0.6 is 0 Å². The van der Waals surface area contributed by atoms with Crippen molar-refractivity contribution in [1.29, 1.82) is 0 Å². The highest BCUT2D eigenvalue weighted by Crippen LogP contribution is 2.32. The normalized spacial score (nSPS) is 24.9. The number of carbonyl (C=O) groups is 1. The Labute approximate surface area is 111 Å². The van der Waals surface area contributed by atoms with Gasteiger partial charge in [0.2, 0.25) is 5.91 Å². The standard InChI is InChI=1S/C14H28N2O2/c1-14(2,10-17)16(3)13(18)12-6-4-5-11(9-12)7-8-15/h11-12,17H,4-10,15H2,1-3H3. The first-order valence-electron chi connectivity index (χ1n) is 7.01. The van der Waals surface area contributed by atoms with Gasteiger partial charge in [-0.1, -0.05) is 12.8 Å². The number of hydrogen-bond acceptors (Lipinski definition) is 3. The maximum Gasteiger partial charge on any atom is 0.225 e. The van der Waals surface area contributed by atoms with Crippen molar-refractivity contribution in [2.75, 3.05) is 20.2 Å². The number of amides is 1. The van der Waals surface area contributed by atoms with Crippen molar-refractivity contribution in [2.24, 2.45) is 17.6 Å². The van der Waals surface area contributed by atoms with Gasteiger partial charge in [-0.05, 0) is 45.6 Å². The predicted molar refractivity (Wildman–Crippen MR) is 73.1 cm³/mol. The van der Waals surface area contributed by atoms with Crippen molar-refractivity contribution < 1.29 is 9.90 Å². The Morgan fingerprint density at radius 2 is 2.11 bits per heavy atom. The molecule has 3 N–H and O–H groups in total. The molecule has 4 nitrogen and oxygen atoms in total. The molecule has 2 atom stereocenters. The second kappa shape index (κ2) is 6.53. The predicted octanol–water partition coefficient (Wildman–Crippen LogP) is 1.37. The van der Waals surface area contributed by atoms with Crippen LogP contribution in [0.3, 0.4) is 0 Å². The number of carbonyl (C=O) groups excluding carboxylic acids is 1. The Morgan fingerprint density at radius 1 is 1.44 bits per heavy atom. The van der Waals surface area contributed by atoms with E-state index in [2.05, 4.69) is 0 Å². The van der Waals surface area contributed by atoms with Crippen LogP contribution in [0.5, 0.6) is 0 Å². The third-order valence-corrected chi connectivity index (χ3v) is 4.33. The van der Waals surface area contributed by atoms with Gasteiger partial charge in [-0.2, -0.15) is 0 Å². The van der Waals surface area contributed by atoms with Gasteiger partial charge >= 0.3 is 0 Å². The van der Waals surface area contributed by atoms with E-state index in [0.29, 0.717) is 12.5 Å². The number of aliphatic hydroxyl groups excluding tert-OH is 1. The topological polar surface area (TPSA) is 66.6 Å². The molecule has 1 aliphatic carbocycles. The first-order valence-corrected chi connectivity index (χ1v) is 7.01. The van der Waals surface area contributed by atoms with Crippen LogP contribution in [0.1, 0.15) is 46.0 Å². The highest BCUT2D eigenvalue weighted by Gasteiger charge is 2.34. The summed E-state index contributed by atoms with van der Waals surface area (Å²) in [5.41, 5.74) is 5.13. The summed E-state index contributed by atoms with van der Waals surface area (Å²) in [6.45, 7) is 4.49. The fourth-order valence-electron chi connectivity index (χ4n) is 2.69. The lowest BCUT2D eigenvalue weighted by Crippen LogP contribution is -2.50. The van der Waals surface area contributed by atoms with Crippen molar-refractivity contribution in [3.05, 3.63) is 0 Å². The molecule has 0 radical (unpaired) electrons. The van der Waals surface area contributed by atoms with E-state index >= 15 is 0 Å². The lowest BCUT2D eigenvalue weighted by molar-refractivity contribution is -0.142. The molecule has 1 aliphatic rings. The average Bonchev–Trinajstić information content (AvgIpc) is 2.37. The second-order valence-corrected chi connectivity index (χ2v) is 6.17. The quantitative estimate of drug-likeness (QED) is 0.781. The van der Waals surface area contributed by atoms with E-state index in [1.807, 2.05) is 13.8 Å². The third kappa shape index (κ3) is 3.69. The first-order chi connectivity index (χ1) is 8.42. The molecule has 4 heteroatoms. The molecule has 0 spiro atoms. The minimum absolute atomic E-state index is 0.00577. The Balaban J connectivity index is 2.60. The molecule has 0 saturated heterocycles. The summed E-state index contributed by atoms with van der Waals surface area (Å²) in [5.74, 6) is 0.894. The van der Waals surface area contributed by atoms with Crippen LogP contribution in [0.15, 0.2) is 0 Å². The fraction of sp³-hybridized carbons (Fsp3) is 0.929. The molecule has 18 heavy (non-hydrogen) atoms. The lowest BCUT2D eigenvalue weighted by Gasteiger charge is -2.38. The Kier molecular flexibility index (Phi) is 5.60. The van der Waals surface area contributed by atoms with E-state index in [1.54, 1.807) is 11.9 Å². The highest BCUT2D eigenvalue weighted by molar-refractivity contribution is 5.79. The summed E-state index contributed by atoms with van der Waals surface area (Å²) in [4.78, 5) is 14.1. The van der Waals surface area contributed by atoms with Crippen LogP contribution < -0.4 is 5.73 Å². The summed E-state index contributed by atoms with van der Waals surface area (Å²) < 4.78 is 0. The van der Waals surface area contributed by atoms with Crippen molar-refractivity contribution >= 4 is 5.91 Å². The van der Waals surface area contributed by atoms with E-state index in [0.717, 1.165) is 25.7 Å². The summed E-state index contributed by atoms with van der Waals surface area (Å²) in [6, 6.07) is 0. The fourth-order valence-corrected chi connectivity index (χ4v) is 2.69. The Hall–Kier alpha value is -0.610. The van der Waals surface area contributed by atoms with Crippen LogP contribution in [-0.4, -0.2) is 41.7 Å². The molecule has 1 saturated carbocycles. The minimum atomic E-state index is -0.474. The number of nitrogens with two attached hydrogens (primary N) is 1. The van der Waals surface area contributed by atoms with Gasteiger partial charge in [-0.15, -0.1) is 0 Å². The number of nitrogens with zero attached hydrogens (tertiary/aromatic N) is 1. The van der Waals surface area contributed by atoms with Crippen LogP contribution in [0.4, 0.5) is 0 Å². The zero-order valence-corrected chi connectivity index (χ0v) is 12.0. The molecule has 0 aliphatic heterocycles. The lowest BCUT2D eigenvalue weighted by atomic mass is 9.79. The molecular weight excluding hydrogens is 228 g/mol. The Morgan fingerprint density at radius 3 is 2.67 bits per heavy atom. The van der Waals surface area contributed by atoms with Crippen LogP contribution in [0.2, 0.25) is 0 Å². The van der Waals surface area contributed by atoms with Crippen LogP contribution in [0.25, 0.3) is 0 Å². The molecule has 0 aromatic carbocycles. The van der Waals surface area contributed by atoms with E-state index in [4.69, 9.17) is 5.73 Å². The monoisotopic (exact) mass is 256 g/mol. The molecule has 1 amide bonds. The number of aliphatic hydroxyl groups is 1. The third-order valence-electron chi connectivity index (χ3n) is 4.33. The van der Waals surface area contributed by atoms with E-state index in [-0.39, 0.29) is 18.4 Å². The summed E-state index contributed by atoms with van der Waals surface area (Å²) in [6.07, 6.45) is 5.28. The molecule has 0 aromatic heterocycles. The van der Waals surface area contributed by atoms with E-state index in [9.17, 15) is 9.90 Å². The Bertz CT molecular complexity index is 277. The second-order valence-electron chi connectivity index (χ2n) is 6.17. The molecule has 0 aromatic rings. The molecule has 0 bridgehead atoms. The highest BCUT2D eigenvalue weighted by atomic mass is 16.3. The summed E-state index contributed by atoms with van der Waals surface area (Å²) >= 11 is 0. The van der Waals surface area contributed by atoms with Gasteiger partial charge in [0.1, 0.15) is 0 Å². The SMILES string of the molecule is CN(C(=O)C1CCCC(CCN)C1)C(C)(C)CO. The maximum atomic E-state index is 12.4. The van der Waals surface area contributed by atoms with Gasteiger partial charge in [0.05, 0.1) is 12.1 Å². The van der Waals surface area contributed by atoms with Crippen molar-refractivity contribution in [3.63, 3.8) is 0 Å². The average molecular weight is 256 g/mol. The minimum Gasteiger partial charge on any atom is -0.394 e. The van der Waals surface area contributed by atoms with Crippen LogP contribution in [0, 0.1) is 11.8 Å². The molecular formula is C14H28N2O2. The zero-order valence-electron chi connectivity index (χ0n) is 12.0. The van der Waals surface area contributed by atoms with Gasteiger partial charge in [-0.3, -0.25) is 4.79 Å². The van der Waals surface area contributed by atoms with Gasteiger partial charge in [0, 0.05) is 13.0 Å². The number of rotatable bonds is 5. The largest absolute Gasteiger partial charge is 0.394 e. The summed E-state index contributed by atoms with van der Waals surface area (Å²) in [7, 11) is 1.80. The zero-order chi connectivity index (χ0) is 13.8. The first kappa shape index (κ1) is 15.4.